The topological polar surface area (TPSA) is 29.1 Å². The van der Waals surface area contributed by atoms with Crippen LogP contribution in [0, 0.1) is 11.7 Å². The normalized spacial score (nSPS) is 16.4. The molecular formula is C14H17BrFNO. The van der Waals surface area contributed by atoms with Crippen LogP contribution in [-0.4, -0.2) is 11.9 Å². The fraction of sp³-hybridized carbons (Fsp3) is 0.500. The number of hydrogen-bond acceptors (Lipinski definition) is 1. The maximum atomic E-state index is 13.1. The van der Waals surface area contributed by atoms with Gasteiger partial charge in [0.1, 0.15) is 5.82 Å². The maximum Gasteiger partial charge on any atom is 0.252 e. The van der Waals surface area contributed by atoms with Crippen LogP contribution >= 0.6 is 15.9 Å². The van der Waals surface area contributed by atoms with E-state index in [2.05, 4.69) is 28.2 Å². The monoisotopic (exact) mass is 313 g/mol. The lowest BCUT2D eigenvalue weighted by Gasteiger charge is -2.17. The highest BCUT2D eigenvalue weighted by Crippen LogP contribution is 2.34. The average Bonchev–Trinajstić information content (AvgIpc) is 3.15. The number of carbonyl (C=O) groups is 1. The van der Waals surface area contributed by atoms with Crippen molar-refractivity contribution in [1.82, 2.24) is 5.32 Å². The molecule has 1 atom stereocenters. The van der Waals surface area contributed by atoms with Gasteiger partial charge in [-0.15, -0.1) is 0 Å². The minimum absolute atomic E-state index is 0.195. The molecule has 0 bridgehead atoms. The van der Waals surface area contributed by atoms with Gasteiger partial charge in [-0.3, -0.25) is 4.79 Å². The Morgan fingerprint density at radius 3 is 2.89 bits per heavy atom. The highest BCUT2D eigenvalue weighted by atomic mass is 79.9. The van der Waals surface area contributed by atoms with Crippen molar-refractivity contribution >= 4 is 21.8 Å². The van der Waals surface area contributed by atoms with E-state index in [1.54, 1.807) is 6.07 Å². The Morgan fingerprint density at radius 1 is 1.56 bits per heavy atom. The first-order valence-electron chi connectivity index (χ1n) is 6.36. The highest BCUT2D eigenvalue weighted by Gasteiger charge is 2.26. The van der Waals surface area contributed by atoms with Crippen molar-refractivity contribution in [2.75, 3.05) is 0 Å². The lowest BCUT2D eigenvalue weighted by Crippen LogP contribution is -2.35. The molecule has 2 rings (SSSR count). The quantitative estimate of drug-likeness (QED) is 0.877. The molecular weight excluding hydrogens is 297 g/mol. The number of benzene rings is 1. The van der Waals surface area contributed by atoms with E-state index in [1.807, 2.05) is 0 Å². The number of nitrogens with one attached hydrogen (secondary N) is 1. The second-order valence-corrected chi connectivity index (χ2v) is 5.74. The molecule has 4 heteroatoms. The molecule has 0 aliphatic heterocycles. The SMILES string of the molecule is CCC(CC1CC1)NC(=O)c1cc(F)ccc1Br. The van der Waals surface area contributed by atoms with Gasteiger partial charge in [0.25, 0.3) is 5.91 Å². The molecule has 2 nitrogen and oxygen atoms in total. The van der Waals surface area contributed by atoms with Crippen LogP contribution in [0.25, 0.3) is 0 Å². The fourth-order valence-corrected chi connectivity index (χ4v) is 2.44. The van der Waals surface area contributed by atoms with Crippen molar-refractivity contribution in [2.24, 2.45) is 5.92 Å². The zero-order chi connectivity index (χ0) is 13.1. The molecule has 0 heterocycles. The van der Waals surface area contributed by atoms with Crippen molar-refractivity contribution in [3.8, 4) is 0 Å². The summed E-state index contributed by atoms with van der Waals surface area (Å²) < 4.78 is 13.8. The zero-order valence-electron chi connectivity index (χ0n) is 10.4. The van der Waals surface area contributed by atoms with Crippen molar-refractivity contribution < 1.29 is 9.18 Å². The second kappa shape index (κ2) is 5.83. The molecule has 1 aliphatic rings. The lowest BCUT2D eigenvalue weighted by molar-refractivity contribution is 0.0931. The van der Waals surface area contributed by atoms with Gasteiger partial charge in [0, 0.05) is 10.5 Å². The van der Waals surface area contributed by atoms with Crippen LogP contribution in [0.5, 0.6) is 0 Å². The van der Waals surface area contributed by atoms with Crippen LogP contribution in [-0.2, 0) is 0 Å². The molecule has 1 fully saturated rings. The summed E-state index contributed by atoms with van der Waals surface area (Å²) in [7, 11) is 0. The Labute approximate surface area is 115 Å². The van der Waals surface area contributed by atoms with Crippen LogP contribution < -0.4 is 5.32 Å². The minimum atomic E-state index is -0.390. The Bertz CT molecular complexity index is 445. The Balaban J connectivity index is 2.02. The molecule has 1 aromatic carbocycles. The smallest absolute Gasteiger partial charge is 0.252 e. The van der Waals surface area contributed by atoms with Crippen molar-refractivity contribution in [3.05, 3.63) is 34.1 Å². The van der Waals surface area contributed by atoms with Crippen molar-refractivity contribution in [2.45, 2.75) is 38.6 Å². The molecule has 1 unspecified atom stereocenters. The summed E-state index contributed by atoms with van der Waals surface area (Å²) >= 11 is 3.28. The van der Waals surface area contributed by atoms with Gasteiger partial charge in [-0.05, 0) is 52.9 Å². The summed E-state index contributed by atoms with van der Waals surface area (Å²) in [6.07, 6.45) is 4.50. The van der Waals surface area contributed by atoms with E-state index in [4.69, 9.17) is 0 Å². The standard InChI is InChI=1S/C14H17BrFNO/c1-2-11(7-9-3-4-9)17-14(18)12-8-10(16)5-6-13(12)15/h5-6,8-9,11H,2-4,7H2,1H3,(H,17,18). The summed E-state index contributed by atoms with van der Waals surface area (Å²) in [6, 6.07) is 4.36. The Kier molecular flexibility index (Phi) is 4.38. The maximum absolute atomic E-state index is 13.1. The largest absolute Gasteiger partial charge is 0.349 e. The summed E-state index contributed by atoms with van der Waals surface area (Å²) in [5, 5.41) is 2.99. The highest BCUT2D eigenvalue weighted by molar-refractivity contribution is 9.10. The molecule has 1 N–H and O–H groups in total. The van der Waals surface area contributed by atoms with Gasteiger partial charge in [0.2, 0.25) is 0 Å². The lowest BCUT2D eigenvalue weighted by atomic mass is 10.1. The molecule has 0 radical (unpaired) electrons. The van der Waals surface area contributed by atoms with Gasteiger partial charge < -0.3 is 5.32 Å². The molecule has 0 spiro atoms. The zero-order valence-corrected chi connectivity index (χ0v) is 12.0. The van der Waals surface area contributed by atoms with Crippen LogP contribution in [0.3, 0.4) is 0 Å². The molecule has 0 saturated heterocycles. The van der Waals surface area contributed by atoms with Crippen LogP contribution in [0.4, 0.5) is 4.39 Å². The first kappa shape index (κ1) is 13.5. The first-order valence-corrected chi connectivity index (χ1v) is 7.15. The number of rotatable bonds is 5. The minimum Gasteiger partial charge on any atom is -0.349 e. The molecule has 18 heavy (non-hydrogen) atoms. The van der Waals surface area contributed by atoms with E-state index in [0.29, 0.717) is 10.0 Å². The van der Waals surface area contributed by atoms with Crippen LogP contribution in [0.15, 0.2) is 22.7 Å². The summed E-state index contributed by atoms with van der Waals surface area (Å²) in [6.45, 7) is 2.06. The number of carbonyl (C=O) groups excluding carboxylic acids is 1. The van der Waals surface area contributed by atoms with E-state index in [0.717, 1.165) is 18.8 Å². The van der Waals surface area contributed by atoms with E-state index >= 15 is 0 Å². The van der Waals surface area contributed by atoms with Gasteiger partial charge >= 0.3 is 0 Å². The van der Waals surface area contributed by atoms with E-state index < -0.39 is 5.82 Å². The summed E-state index contributed by atoms with van der Waals surface area (Å²) in [5.41, 5.74) is 0.365. The predicted molar refractivity (Wildman–Crippen MR) is 73.0 cm³/mol. The van der Waals surface area contributed by atoms with Crippen molar-refractivity contribution in [3.63, 3.8) is 0 Å². The average molecular weight is 314 g/mol. The summed E-state index contributed by atoms with van der Waals surface area (Å²) in [5.74, 6) is 0.179. The van der Waals surface area contributed by atoms with Gasteiger partial charge in [0.15, 0.2) is 0 Å². The van der Waals surface area contributed by atoms with Gasteiger partial charge in [-0.25, -0.2) is 4.39 Å². The molecule has 1 amide bonds. The fourth-order valence-electron chi connectivity index (χ4n) is 2.02. The van der Waals surface area contributed by atoms with Crippen molar-refractivity contribution in [1.29, 1.82) is 0 Å². The molecule has 1 aliphatic carbocycles. The number of halogens is 2. The number of amides is 1. The molecule has 0 aromatic heterocycles. The Morgan fingerprint density at radius 2 is 2.28 bits per heavy atom. The number of hydrogen-bond donors (Lipinski definition) is 1. The Hall–Kier alpha value is -0.900. The van der Waals surface area contributed by atoms with E-state index in [9.17, 15) is 9.18 Å². The first-order chi connectivity index (χ1) is 8.60. The predicted octanol–water partition coefficient (Wildman–Crippen LogP) is 3.90. The third-order valence-corrected chi connectivity index (χ3v) is 4.01. The van der Waals surface area contributed by atoms with Gasteiger partial charge in [0.05, 0.1) is 5.56 Å². The third kappa shape index (κ3) is 3.55. The van der Waals surface area contributed by atoms with Crippen LogP contribution in [0.2, 0.25) is 0 Å². The second-order valence-electron chi connectivity index (χ2n) is 4.88. The molecule has 1 aromatic rings. The molecule has 1 saturated carbocycles. The van der Waals surface area contributed by atoms with E-state index in [1.165, 1.54) is 25.0 Å². The van der Waals surface area contributed by atoms with Gasteiger partial charge in [-0.1, -0.05) is 19.8 Å². The van der Waals surface area contributed by atoms with E-state index in [-0.39, 0.29) is 11.9 Å². The third-order valence-electron chi connectivity index (χ3n) is 3.32. The molecule has 98 valence electrons. The van der Waals surface area contributed by atoms with Crippen LogP contribution in [0.1, 0.15) is 43.0 Å². The van der Waals surface area contributed by atoms with Gasteiger partial charge in [-0.2, -0.15) is 0 Å². The summed E-state index contributed by atoms with van der Waals surface area (Å²) in [4.78, 5) is 12.1.